The predicted octanol–water partition coefficient (Wildman–Crippen LogP) is 6.64. The van der Waals surface area contributed by atoms with E-state index < -0.39 is 53.2 Å². The second-order valence-corrected chi connectivity index (χ2v) is 12.6. The average molecular weight is 679 g/mol. The minimum absolute atomic E-state index is 0.0754. The van der Waals surface area contributed by atoms with Gasteiger partial charge in [-0.05, 0) is 82.2 Å². The number of aromatic nitrogens is 1. The monoisotopic (exact) mass is 678 g/mol. The number of carboxylic acids is 1. The van der Waals surface area contributed by atoms with Gasteiger partial charge in [0.2, 0.25) is 12.7 Å². The van der Waals surface area contributed by atoms with Gasteiger partial charge in [0.25, 0.3) is 5.91 Å². The maximum Gasteiger partial charge on any atom is 0.339 e. The van der Waals surface area contributed by atoms with Gasteiger partial charge in [0, 0.05) is 17.5 Å². The molecular formula is C39H38N2O9. The molecule has 0 bridgehead atoms. The number of rotatable bonds is 11. The Morgan fingerprint density at radius 3 is 2.44 bits per heavy atom. The van der Waals surface area contributed by atoms with Crippen LogP contribution in [0.25, 0.3) is 17.2 Å². The number of ether oxygens (including phenoxy) is 3. The van der Waals surface area contributed by atoms with Gasteiger partial charge in [0.1, 0.15) is 11.1 Å². The molecule has 0 radical (unpaired) electrons. The quantitative estimate of drug-likeness (QED) is 0.0765. The van der Waals surface area contributed by atoms with E-state index in [9.17, 15) is 24.6 Å². The first-order valence-electron chi connectivity index (χ1n) is 16.0. The van der Waals surface area contributed by atoms with Gasteiger partial charge in [-0.2, -0.15) is 0 Å². The predicted molar refractivity (Wildman–Crippen MR) is 185 cm³/mol. The highest BCUT2D eigenvalue weighted by Crippen LogP contribution is 2.38. The maximum atomic E-state index is 14.2. The standard InChI is InChI=1S/C39H38N2O9/c1-25(28(27-19-20-32-33(22-27)48-24-47-32)15-10-18-34-40-30-16-8-9-17-31(30)49-34)41(21-11-14-26-12-6-5-7-13-26)37(45)36(44)29(23-35(42)43)38(46)50-39(2,3)4/h5-10,12-13,16-20,22,25,28,44H,15,21,23-24H2,1-4H3,(H,42,43)/b18-10+,36-29?. The van der Waals surface area contributed by atoms with Crippen molar-refractivity contribution < 1.29 is 43.2 Å². The Hall–Kier alpha value is -6.02. The number of aliphatic hydroxyl groups is 1. The number of carboxylic acid groups (broad SMARTS) is 1. The Bertz CT molecular complexity index is 1960. The molecule has 2 heterocycles. The van der Waals surface area contributed by atoms with Crippen molar-refractivity contribution in [3.63, 3.8) is 0 Å². The summed E-state index contributed by atoms with van der Waals surface area (Å²) in [5.41, 5.74) is 1.18. The van der Waals surface area contributed by atoms with Gasteiger partial charge in [0.15, 0.2) is 22.8 Å². The van der Waals surface area contributed by atoms with Crippen molar-refractivity contribution in [1.82, 2.24) is 9.88 Å². The van der Waals surface area contributed by atoms with E-state index in [1.807, 2.05) is 72.8 Å². The minimum Gasteiger partial charge on any atom is -0.503 e. The molecule has 0 aliphatic carbocycles. The highest BCUT2D eigenvalue weighted by Gasteiger charge is 2.34. The van der Waals surface area contributed by atoms with Crippen molar-refractivity contribution in [1.29, 1.82) is 0 Å². The van der Waals surface area contributed by atoms with Gasteiger partial charge in [-0.15, -0.1) is 0 Å². The third-order valence-corrected chi connectivity index (χ3v) is 7.84. The molecular weight excluding hydrogens is 640 g/mol. The molecule has 11 heteroatoms. The zero-order chi connectivity index (χ0) is 35.8. The highest BCUT2D eigenvalue weighted by atomic mass is 16.7. The molecule has 5 rings (SSSR count). The number of carbonyl (C=O) groups is 3. The van der Waals surface area contributed by atoms with Crippen molar-refractivity contribution in [2.24, 2.45) is 0 Å². The van der Waals surface area contributed by atoms with Crippen LogP contribution in [0, 0.1) is 11.8 Å². The van der Waals surface area contributed by atoms with E-state index in [4.69, 9.17) is 18.6 Å². The number of esters is 1. The summed E-state index contributed by atoms with van der Waals surface area (Å²) in [5.74, 6) is 2.61. The molecule has 3 aromatic carbocycles. The Kier molecular flexibility index (Phi) is 10.9. The lowest BCUT2D eigenvalue weighted by atomic mass is 9.87. The second-order valence-electron chi connectivity index (χ2n) is 12.6. The molecule has 1 aliphatic heterocycles. The molecule has 0 spiro atoms. The van der Waals surface area contributed by atoms with Crippen molar-refractivity contribution in [3.8, 4) is 23.3 Å². The highest BCUT2D eigenvalue weighted by molar-refractivity contribution is 6.03. The van der Waals surface area contributed by atoms with Gasteiger partial charge >= 0.3 is 11.9 Å². The number of amides is 1. The molecule has 11 nitrogen and oxygen atoms in total. The zero-order valence-electron chi connectivity index (χ0n) is 28.2. The third kappa shape index (κ3) is 8.90. The number of hydrogen-bond donors (Lipinski definition) is 2. The van der Waals surface area contributed by atoms with Crippen LogP contribution >= 0.6 is 0 Å². The summed E-state index contributed by atoms with van der Waals surface area (Å²) in [4.78, 5) is 44.9. The molecule has 2 N–H and O–H groups in total. The van der Waals surface area contributed by atoms with Gasteiger partial charge in [-0.25, -0.2) is 9.78 Å². The fourth-order valence-corrected chi connectivity index (χ4v) is 5.41. The Labute approximate surface area is 289 Å². The van der Waals surface area contributed by atoms with Crippen LogP contribution in [-0.4, -0.2) is 62.9 Å². The number of fused-ring (bicyclic) bond motifs is 2. The van der Waals surface area contributed by atoms with Crippen LogP contribution in [0.5, 0.6) is 11.5 Å². The lowest BCUT2D eigenvalue weighted by Gasteiger charge is -2.34. The summed E-state index contributed by atoms with van der Waals surface area (Å²) in [6, 6.07) is 21.4. The van der Waals surface area contributed by atoms with E-state index in [2.05, 4.69) is 16.8 Å². The van der Waals surface area contributed by atoms with Crippen molar-refractivity contribution in [3.05, 3.63) is 107 Å². The lowest BCUT2D eigenvalue weighted by Crippen LogP contribution is -2.43. The molecule has 1 aromatic heterocycles. The molecule has 2 unspecified atom stereocenters. The first-order valence-corrected chi connectivity index (χ1v) is 16.0. The Balaban J connectivity index is 1.54. The molecule has 0 fully saturated rings. The van der Waals surface area contributed by atoms with E-state index in [-0.39, 0.29) is 13.3 Å². The maximum absolute atomic E-state index is 14.2. The van der Waals surface area contributed by atoms with Crippen LogP contribution in [0.4, 0.5) is 0 Å². The SMILES string of the molecule is CC(C(C/C=C/c1nc2ccccc2o1)c1ccc2c(c1)OCO2)N(CC#Cc1ccccc1)C(=O)C(O)=C(CC(=O)O)C(=O)OC(C)(C)C. The fourth-order valence-electron chi connectivity index (χ4n) is 5.41. The fraction of sp³-hybridized carbons (Fsp3) is 0.282. The van der Waals surface area contributed by atoms with E-state index in [0.717, 1.165) is 5.56 Å². The Morgan fingerprint density at radius 1 is 1.00 bits per heavy atom. The molecule has 0 saturated heterocycles. The summed E-state index contributed by atoms with van der Waals surface area (Å²) in [5, 5.41) is 20.9. The number of oxazole rings is 1. The van der Waals surface area contributed by atoms with E-state index in [1.165, 1.54) is 4.90 Å². The van der Waals surface area contributed by atoms with Crippen LogP contribution in [0.3, 0.4) is 0 Å². The number of para-hydroxylation sites is 2. The zero-order valence-corrected chi connectivity index (χ0v) is 28.2. The smallest absolute Gasteiger partial charge is 0.339 e. The van der Waals surface area contributed by atoms with Gasteiger partial charge < -0.3 is 33.7 Å². The summed E-state index contributed by atoms with van der Waals surface area (Å²) >= 11 is 0. The topological polar surface area (TPSA) is 149 Å². The van der Waals surface area contributed by atoms with Crippen LogP contribution < -0.4 is 9.47 Å². The van der Waals surface area contributed by atoms with Gasteiger partial charge in [-0.3, -0.25) is 9.59 Å². The van der Waals surface area contributed by atoms with Crippen LogP contribution in [0.15, 0.2) is 94.6 Å². The number of benzene rings is 3. The number of aliphatic hydroxyl groups excluding tert-OH is 1. The summed E-state index contributed by atoms with van der Waals surface area (Å²) in [7, 11) is 0. The first-order chi connectivity index (χ1) is 23.9. The van der Waals surface area contributed by atoms with Crippen molar-refractivity contribution in [2.75, 3.05) is 13.3 Å². The van der Waals surface area contributed by atoms with Crippen LogP contribution in [0.1, 0.15) is 63.5 Å². The van der Waals surface area contributed by atoms with E-state index in [0.29, 0.717) is 40.5 Å². The molecule has 4 aromatic rings. The second kappa shape index (κ2) is 15.5. The average Bonchev–Trinajstić information content (AvgIpc) is 3.73. The molecule has 0 saturated carbocycles. The normalized spacial score (nSPS) is 14.0. The van der Waals surface area contributed by atoms with Crippen LogP contribution in [0.2, 0.25) is 0 Å². The lowest BCUT2D eigenvalue weighted by molar-refractivity contribution is -0.152. The third-order valence-electron chi connectivity index (χ3n) is 7.84. The molecule has 1 amide bonds. The number of carbonyl (C=O) groups excluding carboxylic acids is 2. The van der Waals surface area contributed by atoms with Gasteiger partial charge in [-0.1, -0.05) is 54.3 Å². The molecule has 2 atom stereocenters. The molecule has 1 aliphatic rings. The van der Waals surface area contributed by atoms with Gasteiger partial charge in [0.05, 0.1) is 18.5 Å². The van der Waals surface area contributed by atoms with Crippen molar-refractivity contribution in [2.45, 2.75) is 58.1 Å². The van der Waals surface area contributed by atoms with E-state index in [1.54, 1.807) is 39.8 Å². The number of hydrogen-bond acceptors (Lipinski definition) is 9. The minimum atomic E-state index is -1.42. The largest absolute Gasteiger partial charge is 0.503 e. The summed E-state index contributed by atoms with van der Waals surface area (Å²) < 4.78 is 22.4. The van der Waals surface area contributed by atoms with Crippen LogP contribution in [-0.2, 0) is 19.1 Å². The Morgan fingerprint density at radius 2 is 1.72 bits per heavy atom. The molecule has 50 heavy (non-hydrogen) atoms. The first kappa shape index (κ1) is 35.3. The number of allylic oxidation sites excluding steroid dienone is 1. The van der Waals surface area contributed by atoms with E-state index >= 15 is 0 Å². The number of nitrogens with zero attached hydrogens (tertiary/aromatic N) is 2. The summed E-state index contributed by atoms with van der Waals surface area (Å²) in [6.07, 6.45) is 3.07. The molecule has 258 valence electrons. The van der Waals surface area contributed by atoms with Crippen molar-refractivity contribution >= 4 is 35.0 Å². The number of aliphatic carboxylic acids is 1. The summed E-state index contributed by atoms with van der Waals surface area (Å²) in [6.45, 7) is 6.50.